The second kappa shape index (κ2) is 6.33. The molecule has 0 aromatic heterocycles. The molecule has 0 radical (unpaired) electrons. The molecule has 0 spiro atoms. The second-order valence-corrected chi connectivity index (χ2v) is 4.38. The molecule has 0 aromatic rings. The molecule has 0 bridgehead atoms. The number of halogens is 1. The Morgan fingerprint density at radius 3 is 2.60 bits per heavy atom. The number of allylic oxidation sites excluding steroid dienone is 2. The number of rotatable bonds is 1. The molecule has 2 nitrogen and oxygen atoms in total. The molecule has 0 unspecified atom stereocenters. The van der Waals surface area contributed by atoms with Crippen molar-refractivity contribution in [1.29, 1.82) is 0 Å². The van der Waals surface area contributed by atoms with Crippen molar-refractivity contribution < 1.29 is 0 Å². The molecule has 2 rings (SSSR count). The fourth-order valence-corrected chi connectivity index (χ4v) is 2.23. The van der Waals surface area contributed by atoms with Gasteiger partial charge in [0.2, 0.25) is 0 Å². The van der Waals surface area contributed by atoms with Gasteiger partial charge in [-0.3, -0.25) is 0 Å². The molecular weight excluding hydrogens is 252 g/mol. The largest absolute Gasteiger partial charge is 0.388 e. The summed E-state index contributed by atoms with van der Waals surface area (Å²) in [7, 11) is 0. The van der Waals surface area contributed by atoms with Crippen molar-refractivity contribution in [3.63, 3.8) is 0 Å². The van der Waals surface area contributed by atoms with Crippen molar-refractivity contribution in [2.75, 3.05) is 19.6 Å². The van der Waals surface area contributed by atoms with Gasteiger partial charge in [-0.05, 0) is 38.3 Å². The van der Waals surface area contributed by atoms with E-state index in [4.69, 9.17) is 0 Å². The molecule has 0 aromatic carbocycles. The minimum Gasteiger partial charge on any atom is -0.388 e. The van der Waals surface area contributed by atoms with E-state index in [1.54, 1.807) is 0 Å². The monoisotopic (exact) mass is 272 g/mol. The molecule has 2 saturated heterocycles. The first-order valence-corrected chi connectivity index (χ1v) is 5.66. The number of hydrogen-bond acceptors (Lipinski definition) is 2. The fourth-order valence-electron chi connectivity index (χ4n) is 2.23. The Balaban J connectivity index is 0.00000112. The summed E-state index contributed by atoms with van der Waals surface area (Å²) >= 11 is 0. The summed E-state index contributed by atoms with van der Waals surface area (Å²) in [6, 6.07) is 0. The smallest absolute Gasteiger partial charge is 0.0181 e. The first kappa shape index (κ1) is 12.8. The quantitative estimate of drug-likeness (QED) is 0.717. The Morgan fingerprint density at radius 2 is 1.93 bits per heavy atom. The van der Waals surface area contributed by atoms with Crippen LogP contribution in [0.5, 0.6) is 0 Å². The van der Waals surface area contributed by atoms with Crippen LogP contribution in [0.2, 0.25) is 0 Å². The van der Waals surface area contributed by atoms with Gasteiger partial charge in [0.1, 0.15) is 0 Å². The number of nitrogens with one attached hydrogen (secondary N) is 2. The molecular formula is C12H21BrN2. The zero-order valence-corrected chi connectivity index (χ0v) is 10.9. The van der Waals surface area contributed by atoms with E-state index < -0.39 is 0 Å². The third-order valence-electron chi connectivity index (χ3n) is 3.09. The molecule has 86 valence electrons. The van der Waals surface area contributed by atoms with Gasteiger partial charge in [0.15, 0.2) is 0 Å². The first-order valence-electron chi connectivity index (χ1n) is 5.66. The molecule has 0 saturated carbocycles. The molecule has 0 aliphatic carbocycles. The maximum Gasteiger partial charge on any atom is 0.0181 e. The molecule has 0 atom stereocenters. The highest BCUT2D eigenvalue weighted by Gasteiger charge is 2.13. The molecule has 2 aliphatic rings. The maximum absolute atomic E-state index is 4.06. The zero-order chi connectivity index (χ0) is 9.80. The van der Waals surface area contributed by atoms with E-state index in [2.05, 4.69) is 23.3 Å². The lowest BCUT2D eigenvalue weighted by Gasteiger charge is -2.24. The molecule has 0 amide bonds. The topological polar surface area (TPSA) is 24.1 Å². The lowest BCUT2D eigenvalue weighted by atomic mass is 9.94. The van der Waals surface area contributed by atoms with E-state index in [0.717, 1.165) is 25.3 Å². The van der Waals surface area contributed by atoms with Crippen molar-refractivity contribution in [2.45, 2.75) is 25.7 Å². The summed E-state index contributed by atoms with van der Waals surface area (Å²) < 4.78 is 0. The van der Waals surface area contributed by atoms with Crippen LogP contribution in [0.25, 0.3) is 0 Å². The Labute approximate surface area is 103 Å². The molecule has 2 aliphatic heterocycles. The number of hydrogen-bond donors (Lipinski definition) is 2. The van der Waals surface area contributed by atoms with Crippen LogP contribution in [0.4, 0.5) is 0 Å². The lowest BCUT2D eigenvalue weighted by molar-refractivity contribution is 0.432. The van der Waals surface area contributed by atoms with Crippen LogP contribution in [0.1, 0.15) is 25.7 Å². The zero-order valence-electron chi connectivity index (χ0n) is 9.22. The SMILES string of the molecule is Br.C=C1CCNC(=CC2CCNCC2)C1. The third kappa shape index (κ3) is 3.99. The molecule has 3 heteroatoms. The van der Waals surface area contributed by atoms with Crippen molar-refractivity contribution in [3.05, 3.63) is 23.9 Å². The normalized spacial score (nSPS) is 25.9. The summed E-state index contributed by atoms with van der Waals surface area (Å²) in [5, 5.41) is 6.87. The van der Waals surface area contributed by atoms with Crippen LogP contribution >= 0.6 is 17.0 Å². The molecule has 15 heavy (non-hydrogen) atoms. The maximum atomic E-state index is 4.06. The lowest BCUT2D eigenvalue weighted by Crippen LogP contribution is -2.28. The van der Waals surface area contributed by atoms with Gasteiger partial charge in [-0.2, -0.15) is 0 Å². The Kier molecular flexibility index (Phi) is 5.40. The Morgan fingerprint density at radius 1 is 1.20 bits per heavy atom. The summed E-state index contributed by atoms with van der Waals surface area (Å²) in [5.74, 6) is 0.782. The van der Waals surface area contributed by atoms with Gasteiger partial charge in [0.05, 0.1) is 0 Å². The van der Waals surface area contributed by atoms with Crippen LogP contribution in [-0.2, 0) is 0 Å². The predicted octanol–water partition coefficient (Wildman–Crippen LogP) is 2.39. The fraction of sp³-hybridized carbons (Fsp3) is 0.667. The van der Waals surface area contributed by atoms with Gasteiger partial charge in [0.25, 0.3) is 0 Å². The first-order chi connectivity index (χ1) is 6.84. The number of piperidine rings is 2. The van der Waals surface area contributed by atoms with Crippen LogP contribution in [0.15, 0.2) is 23.9 Å². The van der Waals surface area contributed by atoms with E-state index in [0.29, 0.717) is 0 Å². The van der Waals surface area contributed by atoms with Crippen molar-refractivity contribution in [1.82, 2.24) is 10.6 Å². The van der Waals surface area contributed by atoms with E-state index in [1.165, 1.54) is 37.2 Å². The van der Waals surface area contributed by atoms with E-state index in [9.17, 15) is 0 Å². The third-order valence-corrected chi connectivity index (χ3v) is 3.09. The Bertz CT molecular complexity index is 242. The average molecular weight is 273 g/mol. The molecule has 2 heterocycles. The molecule has 2 fully saturated rings. The second-order valence-electron chi connectivity index (χ2n) is 4.38. The van der Waals surface area contributed by atoms with Crippen molar-refractivity contribution in [2.24, 2.45) is 5.92 Å². The minimum absolute atomic E-state index is 0. The highest BCUT2D eigenvalue weighted by Crippen LogP contribution is 2.20. The van der Waals surface area contributed by atoms with Crippen LogP contribution < -0.4 is 10.6 Å². The van der Waals surface area contributed by atoms with E-state index >= 15 is 0 Å². The average Bonchev–Trinajstić information content (AvgIpc) is 2.19. The Hall–Kier alpha value is -0.280. The minimum atomic E-state index is 0. The van der Waals surface area contributed by atoms with Crippen LogP contribution in [0, 0.1) is 5.92 Å². The van der Waals surface area contributed by atoms with Crippen LogP contribution in [0.3, 0.4) is 0 Å². The van der Waals surface area contributed by atoms with Gasteiger partial charge < -0.3 is 10.6 Å². The summed E-state index contributed by atoms with van der Waals surface area (Å²) in [4.78, 5) is 0. The summed E-state index contributed by atoms with van der Waals surface area (Å²) in [6.07, 6.45) is 7.23. The van der Waals surface area contributed by atoms with Crippen LogP contribution in [-0.4, -0.2) is 19.6 Å². The van der Waals surface area contributed by atoms with Crippen molar-refractivity contribution in [3.8, 4) is 0 Å². The highest BCUT2D eigenvalue weighted by atomic mass is 79.9. The van der Waals surface area contributed by atoms with Crippen molar-refractivity contribution >= 4 is 17.0 Å². The molecule has 2 N–H and O–H groups in total. The van der Waals surface area contributed by atoms with Gasteiger partial charge >= 0.3 is 0 Å². The van der Waals surface area contributed by atoms with E-state index in [1.807, 2.05) is 0 Å². The summed E-state index contributed by atoms with van der Waals surface area (Å²) in [6.45, 7) is 7.50. The highest BCUT2D eigenvalue weighted by molar-refractivity contribution is 8.93. The standard InChI is InChI=1S/C12H20N2.BrH/c1-10-2-7-14-12(8-10)9-11-3-5-13-6-4-11;/h9,11,13-14H,1-8H2;1H. The van der Waals surface area contributed by atoms with E-state index in [-0.39, 0.29) is 17.0 Å². The van der Waals surface area contributed by atoms with Gasteiger partial charge in [-0.25, -0.2) is 0 Å². The summed E-state index contributed by atoms with van der Waals surface area (Å²) in [5.41, 5.74) is 2.79. The van der Waals surface area contributed by atoms with Gasteiger partial charge in [-0.15, -0.1) is 17.0 Å². The van der Waals surface area contributed by atoms with Gasteiger partial charge in [-0.1, -0.05) is 18.2 Å². The predicted molar refractivity (Wildman–Crippen MR) is 70.4 cm³/mol. The van der Waals surface area contributed by atoms with Gasteiger partial charge in [0, 0.05) is 18.7 Å².